The van der Waals surface area contributed by atoms with E-state index in [1.165, 1.54) is 12.1 Å². The molecule has 1 fully saturated rings. The molecule has 0 spiro atoms. The Morgan fingerprint density at radius 2 is 2.08 bits per heavy atom. The summed E-state index contributed by atoms with van der Waals surface area (Å²) in [7, 11) is 0. The molecule has 0 aliphatic heterocycles. The monoisotopic (exact) mass is 377 g/mol. The lowest BCUT2D eigenvalue weighted by Gasteiger charge is -2.37. The molecule has 0 radical (unpaired) electrons. The van der Waals surface area contributed by atoms with E-state index in [1.54, 1.807) is 12.1 Å². The molecule has 1 aliphatic carbocycles. The van der Waals surface area contributed by atoms with Crippen molar-refractivity contribution in [1.82, 2.24) is 5.32 Å². The third-order valence-corrected chi connectivity index (χ3v) is 4.46. The van der Waals surface area contributed by atoms with Gasteiger partial charge in [-0.25, -0.2) is 8.78 Å². The Morgan fingerprint density at radius 1 is 1.38 bits per heavy atom. The summed E-state index contributed by atoms with van der Waals surface area (Å²) in [6.45, 7) is -1.04. The molecule has 0 aromatic heterocycles. The van der Waals surface area contributed by atoms with Gasteiger partial charge >= 0.3 is 6.61 Å². The van der Waals surface area contributed by atoms with Gasteiger partial charge in [-0.05, 0) is 30.0 Å². The van der Waals surface area contributed by atoms with Crippen LogP contribution in [-0.4, -0.2) is 29.7 Å². The summed E-state index contributed by atoms with van der Waals surface area (Å²) < 4.78 is 54.8. The molecule has 0 unspecified atom stereocenters. The third-order valence-electron chi connectivity index (χ3n) is 4.46. The lowest BCUT2D eigenvalue weighted by Crippen LogP contribution is -2.44. The first kappa shape index (κ1) is 20.5. The number of rotatable bonds is 9. The highest BCUT2D eigenvalue weighted by atomic mass is 19.3. The van der Waals surface area contributed by atoms with Gasteiger partial charge in [-0.1, -0.05) is 25.5 Å². The molecule has 1 saturated carbocycles. The number of hydrogen-bond donors (Lipinski definition) is 2. The number of halogens is 4. The number of hydrogen-bond acceptors (Lipinski definition) is 3. The molecule has 8 heteroatoms. The van der Waals surface area contributed by atoms with Crippen molar-refractivity contribution in [3.05, 3.63) is 29.8 Å². The smallest absolute Gasteiger partial charge is 0.387 e. The van der Waals surface area contributed by atoms with E-state index in [0.29, 0.717) is 12.0 Å². The van der Waals surface area contributed by atoms with Crippen molar-refractivity contribution in [3.63, 3.8) is 0 Å². The van der Waals surface area contributed by atoms with Crippen LogP contribution in [0.5, 0.6) is 5.75 Å². The van der Waals surface area contributed by atoms with Gasteiger partial charge in [0.15, 0.2) is 0 Å². The van der Waals surface area contributed by atoms with E-state index in [1.807, 2.05) is 6.92 Å². The predicted molar refractivity (Wildman–Crippen MR) is 87.2 cm³/mol. The Bertz CT molecular complexity index is 604. The standard InChI is InChI=1S/C18H23F4NO3/c1-2-4-14(11-5-3-6-13(7-11)26-17(19)20)23-16(25)8-15(24)12-9-18(21,22)10-12/h3,5-7,12,14-15,17,24H,2,4,8-10H2,1H3,(H,23,25)/t14-,15+/m0/s1. The molecule has 26 heavy (non-hydrogen) atoms. The molecule has 0 bridgehead atoms. The van der Waals surface area contributed by atoms with Gasteiger partial charge in [-0.2, -0.15) is 8.78 Å². The van der Waals surface area contributed by atoms with Crippen LogP contribution in [0.1, 0.15) is 50.6 Å². The zero-order valence-corrected chi connectivity index (χ0v) is 14.4. The fourth-order valence-electron chi connectivity index (χ4n) is 3.11. The number of carbonyl (C=O) groups is 1. The van der Waals surface area contributed by atoms with Crippen LogP contribution in [0.4, 0.5) is 17.6 Å². The number of amides is 1. The largest absolute Gasteiger partial charge is 0.435 e. The second-order valence-corrected chi connectivity index (χ2v) is 6.66. The van der Waals surface area contributed by atoms with Crippen LogP contribution < -0.4 is 10.1 Å². The fourth-order valence-corrected chi connectivity index (χ4v) is 3.11. The molecule has 1 aromatic rings. The van der Waals surface area contributed by atoms with Crippen LogP contribution in [0.15, 0.2) is 24.3 Å². The minimum Gasteiger partial charge on any atom is -0.435 e. The second-order valence-electron chi connectivity index (χ2n) is 6.66. The summed E-state index contributed by atoms with van der Waals surface area (Å²) >= 11 is 0. The van der Waals surface area contributed by atoms with Crippen LogP contribution in [-0.2, 0) is 4.79 Å². The summed E-state index contributed by atoms with van der Waals surface area (Å²) in [5.74, 6) is -3.81. The van der Waals surface area contributed by atoms with Crippen molar-refractivity contribution >= 4 is 5.91 Å². The van der Waals surface area contributed by atoms with E-state index in [0.717, 1.165) is 6.42 Å². The molecule has 2 N–H and O–H groups in total. The average Bonchev–Trinajstić information content (AvgIpc) is 2.51. The van der Waals surface area contributed by atoms with Crippen LogP contribution in [0, 0.1) is 5.92 Å². The van der Waals surface area contributed by atoms with E-state index in [4.69, 9.17) is 0 Å². The van der Waals surface area contributed by atoms with E-state index < -0.39 is 49.3 Å². The first-order valence-corrected chi connectivity index (χ1v) is 8.60. The SMILES string of the molecule is CCC[C@H](NC(=O)C[C@@H](O)C1CC(F)(F)C1)c1cccc(OC(F)F)c1. The van der Waals surface area contributed by atoms with Crippen LogP contribution >= 0.6 is 0 Å². The summed E-state index contributed by atoms with van der Waals surface area (Å²) in [6.07, 6.45) is -0.928. The number of alkyl halides is 4. The predicted octanol–water partition coefficient (Wildman–Crippen LogP) is 4.04. The zero-order valence-electron chi connectivity index (χ0n) is 14.4. The van der Waals surface area contributed by atoms with Crippen molar-refractivity contribution < 1.29 is 32.2 Å². The quantitative estimate of drug-likeness (QED) is 0.639. The van der Waals surface area contributed by atoms with Crippen molar-refractivity contribution in [2.24, 2.45) is 5.92 Å². The number of nitrogens with one attached hydrogen (secondary N) is 1. The summed E-state index contributed by atoms with van der Waals surface area (Å²) in [5, 5.41) is 12.7. The van der Waals surface area contributed by atoms with Gasteiger partial charge in [0.1, 0.15) is 5.75 Å². The van der Waals surface area contributed by atoms with Gasteiger partial charge in [-0.15, -0.1) is 0 Å². The van der Waals surface area contributed by atoms with E-state index in [-0.39, 0.29) is 12.2 Å². The maximum Gasteiger partial charge on any atom is 0.387 e. The van der Waals surface area contributed by atoms with Crippen LogP contribution in [0.25, 0.3) is 0 Å². The van der Waals surface area contributed by atoms with Crippen molar-refractivity contribution in [1.29, 1.82) is 0 Å². The zero-order chi connectivity index (χ0) is 19.3. The van der Waals surface area contributed by atoms with E-state index in [9.17, 15) is 27.5 Å². The van der Waals surface area contributed by atoms with E-state index in [2.05, 4.69) is 10.1 Å². The highest BCUT2D eigenvalue weighted by Crippen LogP contribution is 2.44. The second kappa shape index (κ2) is 8.70. The van der Waals surface area contributed by atoms with Crippen molar-refractivity contribution in [3.8, 4) is 5.75 Å². The van der Waals surface area contributed by atoms with Crippen molar-refractivity contribution in [2.45, 2.75) is 63.7 Å². The molecule has 2 rings (SSSR count). The Morgan fingerprint density at radius 3 is 2.65 bits per heavy atom. The first-order chi connectivity index (χ1) is 12.2. The molecular weight excluding hydrogens is 354 g/mol. The van der Waals surface area contributed by atoms with Gasteiger partial charge in [-0.3, -0.25) is 4.79 Å². The minimum atomic E-state index is -2.94. The summed E-state index contributed by atoms with van der Waals surface area (Å²) in [6, 6.07) is 5.61. The Balaban J connectivity index is 1.95. The molecule has 1 aliphatic rings. The molecular formula is C18H23F4NO3. The number of ether oxygens (including phenoxy) is 1. The highest BCUT2D eigenvalue weighted by Gasteiger charge is 2.48. The number of aliphatic hydroxyl groups excluding tert-OH is 1. The van der Waals surface area contributed by atoms with Gasteiger partial charge in [0.25, 0.3) is 0 Å². The summed E-state index contributed by atoms with van der Waals surface area (Å²) in [5.41, 5.74) is 0.600. The topological polar surface area (TPSA) is 58.6 Å². The molecule has 0 saturated heterocycles. The molecule has 4 nitrogen and oxygen atoms in total. The van der Waals surface area contributed by atoms with Gasteiger partial charge in [0.2, 0.25) is 11.8 Å². The van der Waals surface area contributed by atoms with Crippen molar-refractivity contribution in [2.75, 3.05) is 0 Å². The Kier molecular flexibility index (Phi) is 6.86. The first-order valence-electron chi connectivity index (χ1n) is 8.60. The maximum atomic E-state index is 12.9. The molecule has 1 aromatic carbocycles. The highest BCUT2D eigenvalue weighted by molar-refractivity contribution is 5.77. The van der Waals surface area contributed by atoms with E-state index >= 15 is 0 Å². The normalized spacial score (nSPS) is 18.9. The molecule has 0 heterocycles. The molecule has 2 atom stereocenters. The Hall–Kier alpha value is -1.83. The number of aliphatic hydroxyl groups is 1. The third kappa shape index (κ3) is 5.86. The Labute approximate surface area is 149 Å². The van der Waals surface area contributed by atoms with Crippen LogP contribution in [0.2, 0.25) is 0 Å². The number of carbonyl (C=O) groups excluding carboxylic acids is 1. The maximum absolute atomic E-state index is 12.9. The van der Waals surface area contributed by atoms with Gasteiger partial charge in [0, 0.05) is 12.8 Å². The van der Waals surface area contributed by atoms with Gasteiger partial charge < -0.3 is 15.2 Å². The molecule has 146 valence electrons. The van der Waals surface area contributed by atoms with Gasteiger partial charge in [0.05, 0.1) is 18.6 Å². The van der Waals surface area contributed by atoms with Crippen LogP contribution in [0.3, 0.4) is 0 Å². The lowest BCUT2D eigenvalue weighted by molar-refractivity contribution is -0.148. The minimum absolute atomic E-state index is 0.00964. The average molecular weight is 377 g/mol. The fraction of sp³-hybridized carbons (Fsp3) is 0.611. The number of benzene rings is 1. The molecule has 1 amide bonds. The lowest BCUT2D eigenvalue weighted by atomic mass is 9.76. The summed E-state index contributed by atoms with van der Waals surface area (Å²) in [4.78, 5) is 12.2.